The topological polar surface area (TPSA) is 51.2 Å². The highest BCUT2D eigenvalue weighted by Crippen LogP contribution is 2.28. The Bertz CT molecular complexity index is 1040. The standard InChI is InChI=1S/C25H28N2O4/c1-29-23-10-8-21(18-24(23)30-2)25(28)27-13-11-26(12-14-27)15-16-31-22-9-7-19-5-3-4-6-20(19)17-22/h3-10,17-18H,11-16H2,1-2H3. The van der Waals surface area contributed by atoms with Crippen molar-refractivity contribution < 1.29 is 19.0 Å². The van der Waals surface area contributed by atoms with E-state index in [0.717, 1.165) is 25.4 Å². The van der Waals surface area contributed by atoms with Crippen molar-refractivity contribution in [2.75, 3.05) is 53.6 Å². The van der Waals surface area contributed by atoms with Gasteiger partial charge in [-0.15, -0.1) is 0 Å². The summed E-state index contributed by atoms with van der Waals surface area (Å²) < 4.78 is 16.5. The van der Waals surface area contributed by atoms with E-state index in [1.165, 1.54) is 10.8 Å². The molecule has 1 amide bonds. The third kappa shape index (κ3) is 4.91. The van der Waals surface area contributed by atoms with Gasteiger partial charge in [-0.2, -0.15) is 0 Å². The number of amides is 1. The number of hydrogen-bond acceptors (Lipinski definition) is 5. The fraction of sp³-hybridized carbons (Fsp3) is 0.320. The van der Waals surface area contributed by atoms with Gasteiger partial charge in [0.15, 0.2) is 11.5 Å². The van der Waals surface area contributed by atoms with Crippen molar-refractivity contribution in [2.45, 2.75) is 0 Å². The number of hydrogen-bond donors (Lipinski definition) is 0. The van der Waals surface area contributed by atoms with E-state index in [4.69, 9.17) is 14.2 Å². The van der Waals surface area contributed by atoms with Gasteiger partial charge >= 0.3 is 0 Å². The molecule has 0 spiro atoms. The summed E-state index contributed by atoms with van der Waals surface area (Å²) in [4.78, 5) is 17.1. The minimum atomic E-state index is 0.0213. The molecule has 0 aliphatic carbocycles. The summed E-state index contributed by atoms with van der Waals surface area (Å²) in [6, 6.07) is 19.7. The molecular weight excluding hydrogens is 392 g/mol. The van der Waals surface area contributed by atoms with Gasteiger partial charge in [0.1, 0.15) is 12.4 Å². The van der Waals surface area contributed by atoms with Crippen molar-refractivity contribution in [3.8, 4) is 17.2 Å². The van der Waals surface area contributed by atoms with Crippen molar-refractivity contribution >= 4 is 16.7 Å². The summed E-state index contributed by atoms with van der Waals surface area (Å²) in [5.74, 6) is 2.10. The van der Waals surface area contributed by atoms with Crippen LogP contribution in [0, 0.1) is 0 Å². The summed E-state index contributed by atoms with van der Waals surface area (Å²) in [5, 5.41) is 2.40. The number of nitrogens with zero attached hydrogens (tertiary/aromatic N) is 2. The highest BCUT2D eigenvalue weighted by molar-refractivity contribution is 5.95. The Labute approximate surface area is 182 Å². The smallest absolute Gasteiger partial charge is 0.254 e. The normalized spacial score (nSPS) is 14.5. The summed E-state index contributed by atoms with van der Waals surface area (Å²) in [6.07, 6.45) is 0. The van der Waals surface area contributed by atoms with Crippen LogP contribution < -0.4 is 14.2 Å². The van der Waals surface area contributed by atoms with Crippen LogP contribution in [0.2, 0.25) is 0 Å². The van der Waals surface area contributed by atoms with Gasteiger partial charge in [-0.3, -0.25) is 9.69 Å². The molecule has 1 aliphatic heterocycles. The first kappa shape index (κ1) is 21.0. The predicted molar refractivity (Wildman–Crippen MR) is 121 cm³/mol. The number of benzene rings is 3. The van der Waals surface area contributed by atoms with Gasteiger partial charge in [-0.25, -0.2) is 0 Å². The van der Waals surface area contributed by atoms with Crippen molar-refractivity contribution in [1.82, 2.24) is 9.80 Å². The first-order chi connectivity index (χ1) is 15.2. The second kappa shape index (κ2) is 9.71. The summed E-state index contributed by atoms with van der Waals surface area (Å²) in [6.45, 7) is 4.53. The molecule has 0 saturated carbocycles. The van der Waals surface area contributed by atoms with Crippen LogP contribution in [-0.4, -0.2) is 69.3 Å². The molecule has 0 atom stereocenters. The number of methoxy groups -OCH3 is 2. The van der Waals surface area contributed by atoms with Gasteiger partial charge in [-0.05, 0) is 41.1 Å². The SMILES string of the molecule is COc1ccc(C(=O)N2CCN(CCOc3ccc4ccccc4c3)CC2)cc1OC. The average Bonchev–Trinajstić information content (AvgIpc) is 2.83. The van der Waals surface area contributed by atoms with Crippen LogP contribution in [0.5, 0.6) is 17.2 Å². The zero-order valence-electron chi connectivity index (χ0n) is 18.0. The minimum Gasteiger partial charge on any atom is -0.493 e. The number of carbonyl (C=O) groups excluding carboxylic acids is 1. The maximum atomic E-state index is 12.9. The second-order valence-corrected chi connectivity index (χ2v) is 7.56. The molecule has 1 saturated heterocycles. The van der Waals surface area contributed by atoms with Crippen molar-refractivity contribution in [3.05, 3.63) is 66.2 Å². The maximum Gasteiger partial charge on any atom is 0.254 e. The van der Waals surface area contributed by atoms with Gasteiger partial charge < -0.3 is 19.1 Å². The Morgan fingerprint density at radius 2 is 1.58 bits per heavy atom. The third-order valence-electron chi connectivity index (χ3n) is 5.69. The molecule has 31 heavy (non-hydrogen) atoms. The highest BCUT2D eigenvalue weighted by atomic mass is 16.5. The summed E-state index contributed by atoms with van der Waals surface area (Å²) in [5.41, 5.74) is 0.616. The van der Waals surface area contributed by atoms with Crippen LogP contribution >= 0.6 is 0 Å². The zero-order valence-corrected chi connectivity index (χ0v) is 18.0. The molecule has 0 N–H and O–H groups in total. The number of fused-ring (bicyclic) bond motifs is 1. The quantitative estimate of drug-likeness (QED) is 0.584. The Morgan fingerprint density at radius 1 is 0.839 bits per heavy atom. The molecule has 1 heterocycles. The maximum absolute atomic E-state index is 12.9. The van der Waals surface area contributed by atoms with E-state index in [1.807, 2.05) is 23.1 Å². The van der Waals surface area contributed by atoms with Gasteiger partial charge in [0.25, 0.3) is 5.91 Å². The lowest BCUT2D eigenvalue weighted by Crippen LogP contribution is -2.49. The fourth-order valence-corrected chi connectivity index (χ4v) is 3.88. The lowest BCUT2D eigenvalue weighted by Gasteiger charge is -2.34. The molecule has 3 aromatic carbocycles. The van der Waals surface area contributed by atoms with Crippen LogP contribution in [0.15, 0.2) is 60.7 Å². The first-order valence-corrected chi connectivity index (χ1v) is 10.5. The average molecular weight is 421 g/mol. The van der Waals surface area contributed by atoms with Gasteiger partial charge in [0, 0.05) is 38.3 Å². The third-order valence-corrected chi connectivity index (χ3v) is 5.69. The van der Waals surface area contributed by atoms with E-state index < -0.39 is 0 Å². The van der Waals surface area contributed by atoms with Gasteiger partial charge in [0.05, 0.1) is 14.2 Å². The molecule has 162 valence electrons. The monoisotopic (exact) mass is 420 g/mol. The van der Waals surface area contributed by atoms with Gasteiger partial charge in [-0.1, -0.05) is 30.3 Å². The largest absolute Gasteiger partial charge is 0.493 e. The Kier molecular flexibility index (Phi) is 6.57. The molecule has 0 radical (unpaired) electrons. The van der Waals surface area contributed by atoms with E-state index in [-0.39, 0.29) is 5.91 Å². The van der Waals surface area contributed by atoms with E-state index in [1.54, 1.807) is 32.4 Å². The molecule has 3 aromatic rings. The van der Waals surface area contributed by atoms with E-state index in [0.29, 0.717) is 36.8 Å². The first-order valence-electron chi connectivity index (χ1n) is 10.5. The minimum absolute atomic E-state index is 0.0213. The second-order valence-electron chi connectivity index (χ2n) is 7.56. The number of carbonyl (C=O) groups is 1. The van der Waals surface area contributed by atoms with Crippen molar-refractivity contribution in [1.29, 1.82) is 0 Å². The molecule has 0 aromatic heterocycles. The molecule has 0 bridgehead atoms. The Morgan fingerprint density at radius 3 is 2.32 bits per heavy atom. The van der Waals surface area contributed by atoms with Crippen LogP contribution in [-0.2, 0) is 0 Å². The molecule has 6 heteroatoms. The van der Waals surface area contributed by atoms with Crippen LogP contribution in [0.4, 0.5) is 0 Å². The molecule has 6 nitrogen and oxygen atoms in total. The van der Waals surface area contributed by atoms with E-state index in [2.05, 4.69) is 29.2 Å². The predicted octanol–water partition coefficient (Wildman–Crippen LogP) is 3.69. The zero-order chi connectivity index (χ0) is 21.6. The van der Waals surface area contributed by atoms with E-state index >= 15 is 0 Å². The number of piperazine rings is 1. The molecule has 4 rings (SSSR count). The van der Waals surface area contributed by atoms with Gasteiger partial charge in [0.2, 0.25) is 0 Å². The molecule has 0 unspecified atom stereocenters. The Hall–Kier alpha value is -3.25. The number of rotatable bonds is 7. The van der Waals surface area contributed by atoms with Crippen molar-refractivity contribution in [3.63, 3.8) is 0 Å². The highest BCUT2D eigenvalue weighted by Gasteiger charge is 2.23. The fourth-order valence-electron chi connectivity index (χ4n) is 3.88. The van der Waals surface area contributed by atoms with Crippen LogP contribution in [0.1, 0.15) is 10.4 Å². The van der Waals surface area contributed by atoms with Crippen LogP contribution in [0.25, 0.3) is 10.8 Å². The Balaban J connectivity index is 1.26. The molecule has 1 fully saturated rings. The summed E-state index contributed by atoms with van der Waals surface area (Å²) in [7, 11) is 3.16. The van der Waals surface area contributed by atoms with Crippen molar-refractivity contribution in [2.24, 2.45) is 0 Å². The summed E-state index contributed by atoms with van der Waals surface area (Å²) >= 11 is 0. The van der Waals surface area contributed by atoms with Crippen LogP contribution in [0.3, 0.4) is 0 Å². The lowest BCUT2D eigenvalue weighted by molar-refractivity contribution is 0.0620. The molecular formula is C25H28N2O4. The lowest BCUT2D eigenvalue weighted by atomic mass is 10.1. The molecule has 1 aliphatic rings. The van der Waals surface area contributed by atoms with E-state index in [9.17, 15) is 4.79 Å². The number of ether oxygens (including phenoxy) is 3.